The highest BCUT2D eigenvalue weighted by Gasteiger charge is 2.58. The molecule has 0 rings (SSSR count). The molecule has 0 spiro atoms. The van der Waals surface area contributed by atoms with Crippen LogP contribution in [0.25, 0.3) is 0 Å². The second kappa shape index (κ2) is 4.38. The van der Waals surface area contributed by atoms with E-state index in [0.717, 1.165) is 0 Å². The summed E-state index contributed by atoms with van der Waals surface area (Å²) in [5.74, 6) is 0. The van der Waals surface area contributed by atoms with Crippen LogP contribution in [0.1, 0.15) is 33.1 Å². The molecule has 6 nitrogen and oxygen atoms in total. The first kappa shape index (κ1) is 9.49. The monoisotopic (exact) mass is 240 g/mol. The molecule has 0 aliphatic carbocycles. The van der Waals surface area contributed by atoms with Crippen LogP contribution in [0.15, 0.2) is 0 Å². The van der Waals surface area contributed by atoms with E-state index in [9.17, 15) is 30.3 Å². The lowest BCUT2D eigenvalue weighted by molar-refractivity contribution is -0.255. The molecule has 0 aromatic heterocycles. The normalized spacial score (nSPS) is 30.3. The molecule has 1 unspecified atom stereocenters. The summed E-state index contributed by atoms with van der Waals surface area (Å²) in [4.78, 5) is 10.9. The minimum absolute atomic E-state index is 0.255. The predicted octanol–water partition coefficient (Wildman–Crippen LogP) is -1.82. The lowest BCUT2D eigenvalue weighted by atomic mass is 9.70. The summed E-state index contributed by atoms with van der Waals surface area (Å²) in [6.07, 6.45) is -4.38. The Morgan fingerprint density at radius 2 is 1.81 bits per heavy atom. The smallest absolute Gasteiger partial charge is 0.154 e. The lowest BCUT2D eigenvalue weighted by Gasteiger charge is -2.47. The Bertz CT molecular complexity index is 335. The summed E-state index contributed by atoms with van der Waals surface area (Å²) in [5.41, 5.74) is -8.93. The van der Waals surface area contributed by atoms with Gasteiger partial charge in [-0.2, -0.15) is 0 Å². The van der Waals surface area contributed by atoms with Crippen LogP contribution in [0.5, 0.6) is 0 Å². The van der Waals surface area contributed by atoms with E-state index in [2.05, 4.69) is 0 Å². The predicted molar refractivity (Wildman–Crippen MR) is 55.6 cm³/mol. The summed E-state index contributed by atoms with van der Waals surface area (Å²) in [6.45, 7) is -4.29. The molecule has 0 bridgehead atoms. The van der Waals surface area contributed by atoms with Crippen molar-refractivity contribution >= 4 is 6.29 Å². The Kier molecular flexibility index (Phi) is 2.60. The number of carbonyl (C=O) groups excluding carboxylic acids is 1. The van der Waals surface area contributed by atoms with Crippen molar-refractivity contribution in [2.75, 3.05) is 0 Å². The fourth-order valence-corrected chi connectivity index (χ4v) is 1.04. The van der Waals surface area contributed by atoms with Crippen LogP contribution in [0.4, 0.5) is 0 Å². The number of aldehydes is 1. The Hall–Kier alpha value is -0.530. The van der Waals surface area contributed by atoms with Gasteiger partial charge in [0.25, 0.3) is 0 Å². The van der Waals surface area contributed by atoms with Gasteiger partial charge in [0.1, 0.15) is 22.9 Å². The van der Waals surface area contributed by atoms with Crippen LogP contribution < -0.4 is 0 Å². The van der Waals surface area contributed by atoms with Gasteiger partial charge < -0.3 is 30.3 Å². The van der Waals surface area contributed by atoms with E-state index in [4.69, 9.17) is 5.48 Å². The summed E-state index contributed by atoms with van der Waals surface area (Å²) in [6, 6.07) is 0. The van der Waals surface area contributed by atoms with E-state index < -0.39 is 56.6 Å². The molecule has 5 N–H and O–H groups in total. The van der Waals surface area contributed by atoms with Gasteiger partial charge in [-0.05, 0) is 27.6 Å². The highest BCUT2D eigenvalue weighted by atomic mass is 16.4. The molecule has 16 heavy (non-hydrogen) atoms. The molecule has 0 saturated carbocycles. The maximum Gasteiger partial charge on any atom is 0.154 e. The molecule has 0 heterocycles. The SMILES string of the molecule is [2H]CC(O)[C@@H](O)[C@@](O)(C[2H])[C@@](O)(C[2H])[C@@](O)(C=O)C[2H]. The average molecular weight is 240 g/mol. The third-order valence-corrected chi connectivity index (χ3v) is 2.48. The van der Waals surface area contributed by atoms with Crippen molar-refractivity contribution in [2.24, 2.45) is 0 Å². The Morgan fingerprint density at radius 1 is 1.19 bits per heavy atom. The molecular weight excluding hydrogens is 216 g/mol. The summed E-state index contributed by atoms with van der Waals surface area (Å²) >= 11 is 0. The molecule has 0 amide bonds. The quantitative estimate of drug-likeness (QED) is 0.361. The molecule has 6 heteroatoms. The van der Waals surface area contributed by atoms with E-state index in [-0.39, 0.29) is 6.29 Å². The molecule has 0 aliphatic heterocycles. The van der Waals surface area contributed by atoms with Crippen molar-refractivity contribution < 1.29 is 35.8 Å². The van der Waals surface area contributed by atoms with Crippen molar-refractivity contribution in [3.63, 3.8) is 0 Å². The minimum Gasteiger partial charge on any atom is -0.391 e. The molecule has 0 aromatic carbocycles. The Morgan fingerprint density at radius 3 is 2.12 bits per heavy atom. The molecule has 0 radical (unpaired) electrons. The first-order valence-corrected chi connectivity index (χ1v) is 4.30. The molecule has 0 aliphatic rings. The highest BCUT2D eigenvalue weighted by molar-refractivity contribution is 5.64. The summed E-state index contributed by atoms with van der Waals surface area (Å²) in [5, 5.41) is 49.6. The van der Waals surface area contributed by atoms with Crippen molar-refractivity contribution in [1.29, 1.82) is 0 Å². The van der Waals surface area contributed by atoms with E-state index in [0.29, 0.717) is 0 Å². The number of aliphatic hydroxyl groups excluding tert-OH is 2. The van der Waals surface area contributed by atoms with E-state index in [1.807, 2.05) is 0 Å². The maximum absolute atomic E-state index is 10.9. The number of hydrogen-bond donors (Lipinski definition) is 5. The average Bonchev–Trinajstić information content (AvgIpc) is 2.50. The van der Waals surface area contributed by atoms with Gasteiger partial charge in [0, 0.05) is 5.48 Å². The fraction of sp³-hybridized carbons (Fsp3) is 0.900. The van der Waals surface area contributed by atoms with Gasteiger partial charge >= 0.3 is 0 Å². The number of hydrogen-bond acceptors (Lipinski definition) is 6. The van der Waals surface area contributed by atoms with E-state index in [1.165, 1.54) is 0 Å². The molecule has 96 valence electrons. The minimum atomic E-state index is -3.05. The molecule has 0 saturated heterocycles. The fourth-order valence-electron chi connectivity index (χ4n) is 1.04. The second-order valence-electron chi connectivity index (χ2n) is 3.84. The standard InChI is InChI=1S/C10H20O6/c1-6(12)7(13)9(3,15)10(4,16)8(2,14)5-11/h5-7,12-16H,1-4H3/t6?,7-,8+,9+,10-/m1/s1/i1D,2D,3D,4D. The van der Waals surface area contributed by atoms with Crippen LogP contribution >= 0.6 is 0 Å². The van der Waals surface area contributed by atoms with Crippen LogP contribution in [0.3, 0.4) is 0 Å². The molecule has 0 aromatic rings. The first-order chi connectivity index (χ1) is 9.13. The van der Waals surface area contributed by atoms with Crippen LogP contribution in [0, 0.1) is 0 Å². The topological polar surface area (TPSA) is 118 Å². The zero-order valence-corrected chi connectivity index (χ0v) is 8.70. The van der Waals surface area contributed by atoms with Crippen molar-refractivity contribution in [3.8, 4) is 0 Å². The van der Waals surface area contributed by atoms with Crippen LogP contribution in [-0.2, 0) is 4.79 Å². The highest BCUT2D eigenvalue weighted by Crippen LogP contribution is 2.35. The summed E-state index contributed by atoms with van der Waals surface area (Å²) in [7, 11) is 0. The van der Waals surface area contributed by atoms with Crippen LogP contribution in [0.2, 0.25) is 0 Å². The molecular formula is C10H20O6. The van der Waals surface area contributed by atoms with Crippen molar-refractivity contribution in [1.82, 2.24) is 0 Å². The molecule has 5 atom stereocenters. The van der Waals surface area contributed by atoms with Gasteiger partial charge in [0.15, 0.2) is 6.29 Å². The zero-order chi connectivity index (χ0) is 16.2. The number of rotatable bonds is 5. The first-order valence-electron chi connectivity index (χ1n) is 7.13. The van der Waals surface area contributed by atoms with E-state index >= 15 is 0 Å². The lowest BCUT2D eigenvalue weighted by Crippen LogP contribution is -2.70. The van der Waals surface area contributed by atoms with Crippen molar-refractivity contribution in [2.45, 2.75) is 56.6 Å². The largest absolute Gasteiger partial charge is 0.391 e. The maximum atomic E-state index is 10.9. The van der Waals surface area contributed by atoms with Crippen molar-refractivity contribution in [3.05, 3.63) is 0 Å². The van der Waals surface area contributed by atoms with Gasteiger partial charge in [-0.15, -0.1) is 0 Å². The van der Waals surface area contributed by atoms with Gasteiger partial charge in [-0.3, -0.25) is 0 Å². The van der Waals surface area contributed by atoms with Gasteiger partial charge in [0.05, 0.1) is 6.10 Å². The van der Waals surface area contributed by atoms with Crippen LogP contribution in [-0.4, -0.2) is 60.8 Å². The third-order valence-electron chi connectivity index (χ3n) is 2.48. The molecule has 0 fully saturated rings. The third kappa shape index (κ3) is 2.26. The number of aliphatic hydroxyl groups is 5. The second-order valence-corrected chi connectivity index (χ2v) is 3.84. The van der Waals surface area contributed by atoms with Gasteiger partial charge in [-0.1, -0.05) is 0 Å². The van der Waals surface area contributed by atoms with Gasteiger partial charge in [0.2, 0.25) is 0 Å². The Balaban J connectivity index is 5.94. The zero-order valence-electron chi connectivity index (χ0n) is 12.7. The summed E-state index contributed by atoms with van der Waals surface area (Å²) < 4.78 is 28.5. The number of carbonyl (C=O) groups is 1. The Labute approximate surface area is 99.8 Å². The van der Waals surface area contributed by atoms with E-state index in [1.54, 1.807) is 0 Å². The van der Waals surface area contributed by atoms with Gasteiger partial charge in [-0.25, -0.2) is 0 Å².